The Labute approximate surface area is 166 Å². The number of carbonyl (C=O) groups is 2. The molecule has 1 saturated heterocycles. The van der Waals surface area contributed by atoms with Crippen molar-refractivity contribution in [2.45, 2.75) is 82.6 Å². The minimum Gasteiger partial charge on any atom is -0.443 e. The number of aliphatic hydroxyl groups is 1. The van der Waals surface area contributed by atoms with Crippen LogP contribution in [0.5, 0.6) is 0 Å². The molecular formula is C22H31NO5. The molecule has 0 aromatic heterocycles. The van der Waals surface area contributed by atoms with Crippen molar-refractivity contribution in [3.63, 3.8) is 0 Å². The lowest BCUT2D eigenvalue weighted by molar-refractivity contribution is -0.129. The number of amides is 2. The first-order valence-corrected chi connectivity index (χ1v) is 10.1. The van der Waals surface area contributed by atoms with Gasteiger partial charge in [-0.15, -0.1) is 0 Å². The smallest absolute Gasteiger partial charge is 0.417 e. The highest BCUT2D eigenvalue weighted by atomic mass is 16.6. The van der Waals surface area contributed by atoms with Gasteiger partial charge in [0.05, 0.1) is 31.3 Å². The zero-order chi connectivity index (χ0) is 20.3. The van der Waals surface area contributed by atoms with Crippen LogP contribution in [0, 0.1) is 0 Å². The predicted molar refractivity (Wildman–Crippen MR) is 105 cm³/mol. The van der Waals surface area contributed by atoms with Crippen molar-refractivity contribution in [2.24, 2.45) is 0 Å². The van der Waals surface area contributed by atoms with Crippen molar-refractivity contribution >= 4 is 12.0 Å². The summed E-state index contributed by atoms with van der Waals surface area (Å²) in [6.07, 6.45) is 2.35. The molecule has 1 N–H and O–H groups in total. The van der Waals surface area contributed by atoms with Gasteiger partial charge in [0.15, 0.2) is 0 Å². The molecule has 0 bridgehead atoms. The van der Waals surface area contributed by atoms with Gasteiger partial charge < -0.3 is 14.6 Å². The normalized spacial score (nSPS) is 28.4. The van der Waals surface area contributed by atoms with Crippen LogP contribution in [-0.4, -0.2) is 52.5 Å². The van der Waals surface area contributed by atoms with E-state index in [9.17, 15) is 14.7 Å². The maximum atomic E-state index is 12.4. The topological polar surface area (TPSA) is 76.1 Å². The first-order chi connectivity index (χ1) is 13.2. The molecule has 2 amide bonds. The standard InChI is InChI=1S/C22H31NO5/c1-22(2,3)28-21(26)23-18(19(24)13-20(23)25)14-27-17-11-9-16(10-12-17)15-7-5-4-6-8-15/h4-8,16-19,24H,9-14H2,1-3H3/t16?,17?,18-,19-/m0/s1. The maximum Gasteiger partial charge on any atom is 0.417 e. The van der Waals surface area contributed by atoms with Crippen molar-refractivity contribution in [3.05, 3.63) is 35.9 Å². The van der Waals surface area contributed by atoms with E-state index in [-0.39, 0.29) is 19.1 Å². The Bertz CT molecular complexity index is 676. The average Bonchev–Trinajstić information content (AvgIpc) is 2.93. The molecule has 1 aromatic rings. The van der Waals surface area contributed by atoms with Crippen LogP contribution in [0.4, 0.5) is 4.79 Å². The number of nitrogens with zero attached hydrogens (tertiary/aromatic N) is 1. The van der Waals surface area contributed by atoms with E-state index in [4.69, 9.17) is 9.47 Å². The van der Waals surface area contributed by atoms with E-state index >= 15 is 0 Å². The summed E-state index contributed by atoms with van der Waals surface area (Å²) < 4.78 is 11.3. The lowest BCUT2D eigenvalue weighted by Gasteiger charge is -2.32. The van der Waals surface area contributed by atoms with E-state index in [1.54, 1.807) is 20.8 Å². The number of hydrogen-bond donors (Lipinski definition) is 1. The number of rotatable bonds is 4. The minimum absolute atomic E-state index is 0.0754. The molecule has 3 rings (SSSR count). The fourth-order valence-corrected chi connectivity index (χ4v) is 4.03. The molecule has 6 heteroatoms. The summed E-state index contributed by atoms with van der Waals surface area (Å²) in [5.74, 6) is 0.140. The SMILES string of the molecule is CC(C)(C)OC(=O)N1C(=O)C[C@H](O)[C@@H]1COC1CCC(c2ccccc2)CC1. The van der Waals surface area contributed by atoms with Gasteiger partial charge in [-0.1, -0.05) is 30.3 Å². The van der Waals surface area contributed by atoms with Gasteiger partial charge in [-0.25, -0.2) is 9.69 Å². The number of benzene rings is 1. The quantitative estimate of drug-likeness (QED) is 0.851. The first kappa shape index (κ1) is 20.8. The summed E-state index contributed by atoms with van der Waals surface area (Å²) in [6.45, 7) is 5.39. The Hall–Kier alpha value is -1.92. The summed E-state index contributed by atoms with van der Waals surface area (Å²) >= 11 is 0. The fourth-order valence-electron chi connectivity index (χ4n) is 4.03. The van der Waals surface area contributed by atoms with Gasteiger partial charge in [0.2, 0.25) is 5.91 Å². The highest BCUT2D eigenvalue weighted by molar-refractivity contribution is 5.94. The molecule has 0 radical (unpaired) electrons. The molecule has 2 atom stereocenters. The number of imide groups is 1. The monoisotopic (exact) mass is 389 g/mol. The van der Waals surface area contributed by atoms with Crippen molar-refractivity contribution in [2.75, 3.05) is 6.61 Å². The molecule has 1 aliphatic heterocycles. The Morgan fingerprint density at radius 3 is 2.39 bits per heavy atom. The molecule has 1 saturated carbocycles. The van der Waals surface area contributed by atoms with E-state index in [1.165, 1.54) is 5.56 Å². The minimum atomic E-state index is -0.916. The third-order valence-corrected chi connectivity index (χ3v) is 5.47. The third-order valence-electron chi connectivity index (χ3n) is 5.47. The van der Waals surface area contributed by atoms with E-state index in [0.29, 0.717) is 5.92 Å². The van der Waals surface area contributed by atoms with E-state index in [1.807, 2.05) is 6.07 Å². The third kappa shape index (κ3) is 5.11. The zero-order valence-electron chi connectivity index (χ0n) is 17.0. The molecule has 2 aliphatic rings. The molecule has 28 heavy (non-hydrogen) atoms. The van der Waals surface area contributed by atoms with Crippen LogP contribution in [-0.2, 0) is 14.3 Å². The lowest BCUT2D eigenvalue weighted by atomic mass is 9.83. The molecule has 1 heterocycles. The van der Waals surface area contributed by atoms with Crippen molar-refractivity contribution in [3.8, 4) is 0 Å². The van der Waals surface area contributed by atoms with Gasteiger partial charge >= 0.3 is 6.09 Å². The highest BCUT2D eigenvalue weighted by Crippen LogP contribution is 2.34. The predicted octanol–water partition coefficient (Wildman–Crippen LogP) is 3.63. The van der Waals surface area contributed by atoms with Gasteiger partial charge in [0.1, 0.15) is 5.60 Å². The van der Waals surface area contributed by atoms with E-state index in [2.05, 4.69) is 24.3 Å². The van der Waals surface area contributed by atoms with Crippen molar-refractivity contribution < 1.29 is 24.2 Å². The van der Waals surface area contributed by atoms with Crippen LogP contribution in [0.1, 0.15) is 64.4 Å². The number of ether oxygens (including phenoxy) is 2. The van der Waals surface area contributed by atoms with E-state index < -0.39 is 29.7 Å². The molecule has 1 aromatic carbocycles. The van der Waals surface area contributed by atoms with Gasteiger partial charge in [-0.05, 0) is 57.9 Å². The maximum absolute atomic E-state index is 12.4. The Balaban J connectivity index is 1.53. The lowest BCUT2D eigenvalue weighted by Crippen LogP contribution is -2.47. The van der Waals surface area contributed by atoms with Gasteiger partial charge in [-0.3, -0.25) is 4.79 Å². The summed E-state index contributed by atoms with van der Waals surface area (Å²) in [5.41, 5.74) is 0.667. The summed E-state index contributed by atoms with van der Waals surface area (Å²) in [4.78, 5) is 25.6. The van der Waals surface area contributed by atoms with Gasteiger partial charge in [-0.2, -0.15) is 0 Å². The Morgan fingerprint density at radius 2 is 1.79 bits per heavy atom. The first-order valence-electron chi connectivity index (χ1n) is 10.1. The molecule has 1 aliphatic carbocycles. The highest BCUT2D eigenvalue weighted by Gasteiger charge is 2.44. The van der Waals surface area contributed by atoms with Crippen LogP contribution in [0.25, 0.3) is 0 Å². The van der Waals surface area contributed by atoms with E-state index in [0.717, 1.165) is 30.6 Å². The van der Waals surface area contributed by atoms with Crippen LogP contribution in [0.3, 0.4) is 0 Å². The summed E-state index contributed by atoms with van der Waals surface area (Å²) in [5, 5.41) is 10.2. The van der Waals surface area contributed by atoms with Crippen LogP contribution >= 0.6 is 0 Å². The summed E-state index contributed by atoms with van der Waals surface area (Å²) in [7, 11) is 0. The van der Waals surface area contributed by atoms with Crippen molar-refractivity contribution in [1.82, 2.24) is 4.90 Å². The molecule has 6 nitrogen and oxygen atoms in total. The van der Waals surface area contributed by atoms with Crippen LogP contribution < -0.4 is 0 Å². The average molecular weight is 389 g/mol. The largest absolute Gasteiger partial charge is 0.443 e. The summed E-state index contributed by atoms with van der Waals surface area (Å²) in [6, 6.07) is 9.83. The number of carbonyl (C=O) groups excluding carboxylic acids is 2. The number of likely N-dealkylation sites (tertiary alicyclic amines) is 1. The van der Waals surface area contributed by atoms with Gasteiger partial charge in [0, 0.05) is 0 Å². The van der Waals surface area contributed by atoms with Crippen LogP contribution in [0.2, 0.25) is 0 Å². The zero-order valence-corrected chi connectivity index (χ0v) is 17.0. The van der Waals surface area contributed by atoms with Gasteiger partial charge in [0.25, 0.3) is 0 Å². The Kier molecular flexibility index (Phi) is 6.40. The second-order valence-corrected chi connectivity index (χ2v) is 8.80. The number of hydrogen-bond acceptors (Lipinski definition) is 5. The second kappa shape index (κ2) is 8.62. The second-order valence-electron chi connectivity index (χ2n) is 8.80. The molecule has 2 fully saturated rings. The molecule has 0 unspecified atom stereocenters. The van der Waals surface area contributed by atoms with Crippen LogP contribution in [0.15, 0.2) is 30.3 Å². The molecule has 154 valence electrons. The number of aliphatic hydroxyl groups excluding tert-OH is 1. The van der Waals surface area contributed by atoms with Crippen molar-refractivity contribution in [1.29, 1.82) is 0 Å². The fraction of sp³-hybridized carbons (Fsp3) is 0.636. The molecule has 0 spiro atoms. The Morgan fingerprint density at radius 1 is 1.14 bits per heavy atom. The molecular weight excluding hydrogens is 358 g/mol.